The zero-order valence-electron chi connectivity index (χ0n) is 10.2. The largest absolute Gasteiger partial charge is 0.376 e. The first-order valence-corrected chi connectivity index (χ1v) is 6.23. The van der Waals surface area contributed by atoms with Crippen molar-refractivity contribution in [1.82, 2.24) is 10.2 Å². The van der Waals surface area contributed by atoms with Gasteiger partial charge in [-0.05, 0) is 39.7 Å². The van der Waals surface area contributed by atoms with Crippen molar-refractivity contribution in [1.29, 1.82) is 0 Å². The molecule has 0 aromatic carbocycles. The predicted octanol–water partition coefficient (Wildman–Crippen LogP) is 1.09. The van der Waals surface area contributed by atoms with Gasteiger partial charge in [0.2, 0.25) is 0 Å². The molecule has 2 aliphatic rings. The molecule has 1 saturated carbocycles. The van der Waals surface area contributed by atoms with Gasteiger partial charge in [-0.25, -0.2) is 0 Å². The third kappa shape index (κ3) is 2.92. The summed E-state index contributed by atoms with van der Waals surface area (Å²) in [5, 5.41) is 3.46. The Kier molecular flexibility index (Phi) is 3.65. The summed E-state index contributed by atoms with van der Waals surface area (Å²) in [4.78, 5) is 2.58. The van der Waals surface area contributed by atoms with Crippen LogP contribution in [-0.2, 0) is 4.74 Å². The summed E-state index contributed by atoms with van der Waals surface area (Å²) in [6.07, 6.45) is 3.23. The summed E-state index contributed by atoms with van der Waals surface area (Å²) in [6.45, 7) is 7.61. The maximum atomic E-state index is 5.65. The fourth-order valence-electron chi connectivity index (χ4n) is 2.45. The SMILES string of the molecule is CNC(CN1CC(C)OCC1C)C1CC1. The molecule has 3 nitrogen and oxygen atoms in total. The minimum Gasteiger partial charge on any atom is -0.376 e. The molecular weight excluding hydrogens is 188 g/mol. The molecule has 15 heavy (non-hydrogen) atoms. The number of likely N-dealkylation sites (N-methyl/N-ethyl adjacent to an activating group) is 1. The maximum Gasteiger partial charge on any atom is 0.0674 e. The molecule has 1 saturated heterocycles. The number of nitrogens with one attached hydrogen (secondary N) is 1. The Labute approximate surface area is 93.2 Å². The molecule has 3 atom stereocenters. The topological polar surface area (TPSA) is 24.5 Å². The predicted molar refractivity (Wildman–Crippen MR) is 62.0 cm³/mol. The van der Waals surface area contributed by atoms with E-state index in [1.807, 2.05) is 0 Å². The molecule has 3 unspecified atom stereocenters. The van der Waals surface area contributed by atoms with Gasteiger partial charge in [-0.3, -0.25) is 4.90 Å². The first-order chi connectivity index (χ1) is 7.20. The van der Waals surface area contributed by atoms with Gasteiger partial charge in [0.15, 0.2) is 0 Å². The van der Waals surface area contributed by atoms with Crippen LogP contribution in [0.1, 0.15) is 26.7 Å². The molecule has 1 aliphatic heterocycles. The van der Waals surface area contributed by atoms with Crippen molar-refractivity contribution < 1.29 is 4.74 Å². The van der Waals surface area contributed by atoms with Crippen molar-refractivity contribution in [3.8, 4) is 0 Å². The van der Waals surface area contributed by atoms with E-state index in [-0.39, 0.29) is 0 Å². The maximum absolute atomic E-state index is 5.65. The monoisotopic (exact) mass is 212 g/mol. The van der Waals surface area contributed by atoms with E-state index in [4.69, 9.17) is 4.74 Å². The molecule has 0 aromatic rings. The highest BCUT2D eigenvalue weighted by atomic mass is 16.5. The van der Waals surface area contributed by atoms with Crippen LogP contribution in [0.25, 0.3) is 0 Å². The van der Waals surface area contributed by atoms with Gasteiger partial charge in [-0.15, -0.1) is 0 Å². The lowest BCUT2D eigenvalue weighted by molar-refractivity contribution is -0.0525. The lowest BCUT2D eigenvalue weighted by Gasteiger charge is -2.38. The lowest BCUT2D eigenvalue weighted by Crippen LogP contribution is -2.52. The molecule has 1 N–H and O–H groups in total. The van der Waals surface area contributed by atoms with E-state index in [9.17, 15) is 0 Å². The van der Waals surface area contributed by atoms with Crippen molar-refractivity contribution in [2.45, 2.75) is 44.9 Å². The van der Waals surface area contributed by atoms with Crippen molar-refractivity contribution in [2.75, 3.05) is 26.7 Å². The van der Waals surface area contributed by atoms with Crippen LogP contribution >= 0.6 is 0 Å². The number of nitrogens with zero attached hydrogens (tertiary/aromatic N) is 1. The van der Waals surface area contributed by atoms with Gasteiger partial charge in [0.05, 0.1) is 12.7 Å². The number of hydrogen-bond acceptors (Lipinski definition) is 3. The molecule has 3 heteroatoms. The minimum absolute atomic E-state index is 0.401. The van der Waals surface area contributed by atoms with Crippen LogP contribution in [-0.4, -0.2) is 49.8 Å². The molecule has 0 radical (unpaired) electrons. The van der Waals surface area contributed by atoms with Crippen LogP contribution in [0.5, 0.6) is 0 Å². The molecule has 2 rings (SSSR count). The normalized spacial score (nSPS) is 35.4. The number of ether oxygens (including phenoxy) is 1. The number of rotatable bonds is 4. The summed E-state index contributed by atoms with van der Waals surface area (Å²) in [5.74, 6) is 0.931. The highest BCUT2D eigenvalue weighted by Crippen LogP contribution is 2.33. The van der Waals surface area contributed by atoms with E-state index >= 15 is 0 Å². The molecule has 0 amide bonds. The molecule has 88 valence electrons. The highest BCUT2D eigenvalue weighted by molar-refractivity contribution is 4.89. The fraction of sp³-hybridized carbons (Fsp3) is 1.00. The minimum atomic E-state index is 0.401. The smallest absolute Gasteiger partial charge is 0.0674 e. The quantitative estimate of drug-likeness (QED) is 0.755. The van der Waals surface area contributed by atoms with Gasteiger partial charge in [-0.1, -0.05) is 0 Å². The van der Waals surface area contributed by atoms with E-state index < -0.39 is 0 Å². The van der Waals surface area contributed by atoms with Gasteiger partial charge in [0, 0.05) is 25.2 Å². The van der Waals surface area contributed by atoms with Crippen molar-refractivity contribution in [3.63, 3.8) is 0 Å². The molecule has 0 spiro atoms. The van der Waals surface area contributed by atoms with Crippen molar-refractivity contribution in [3.05, 3.63) is 0 Å². The zero-order valence-corrected chi connectivity index (χ0v) is 10.2. The summed E-state index contributed by atoms with van der Waals surface area (Å²) >= 11 is 0. The number of morpholine rings is 1. The molecule has 0 bridgehead atoms. The number of hydrogen-bond donors (Lipinski definition) is 1. The third-order valence-electron chi connectivity index (χ3n) is 3.73. The van der Waals surface area contributed by atoms with Gasteiger partial charge in [0.25, 0.3) is 0 Å². The van der Waals surface area contributed by atoms with Crippen LogP contribution in [0.2, 0.25) is 0 Å². The average Bonchev–Trinajstić information content (AvgIpc) is 3.03. The van der Waals surface area contributed by atoms with Crippen LogP contribution in [0, 0.1) is 5.92 Å². The molecule has 1 heterocycles. The molecule has 0 aromatic heterocycles. The highest BCUT2D eigenvalue weighted by Gasteiger charge is 2.33. The summed E-state index contributed by atoms with van der Waals surface area (Å²) < 4.78 is 5.65. The standard InChI is InChI=1S/C12H24N2O/c1-9-8-15-10(2)6-14(9)7-12(13-3)11-4-5-11/h9-13H,4-8H2,1-3H3. The Hall–Kier alpha value is -0.120. The van der Waals surface area contributed by atoms with Crippen molar-refractivity contribution in [2.24, 2.45) is 5.92 Å². The van der Waals surface area contributed by atoms with E-state index in [0.717, 1.165) is 19.1 Å². The molecule has 2 fully saturated rings. The summed E-state index contributed by atoms with van der Waals surface area (Å²) in [6, 6.07) is 1.27. The Bertz CT molecular complexity index is 206. The van der Waals surface area contributed by atoms with E-state index in [2.05, 4.69) is 31.1 Å². The lowest BCUT2D eigenvalue weighted by atomic mass is 10.1. The zero-order chi connectivity index (χ0) is 10.8. The Morgan fingerprint density at radius 1 is 1.40 bits per heavy atom. The first kappa shape index (κ1) is 11.4. The third-order valence-corrected chi connectivity index (χ3v) is 3.73. The Balaban J connectivity index is 1.84. The summed E-state index contributed by atoms with van der Waals surface area (Å²) in [7, 11) is 2.09. The molecular formula is C12H24N2O. The molecule has 1 aliphatic carbocycles. The van der Waals surface area contributed by atoms with Crippen molar-refractivity contribution >= 4 is 0 Å². The van der Waals surface area contributed by atoms with Gasteiger partial charge in [0.1, 0.15) is 0 Å². The summed E-state index contributed by atoms with van der Waals surface area (Å²) in [5.41, 5.74) is 0. The Morgan fingerprint density at radius 3 is 2.73 bits per heavy atom. The van der Waals surface area contributed by atoms with E-state index in [0.29, 0.717) is 18.2 Å². The second kappa shape index (κ2) is 4.81. The fourth-order valence-corrected chi connectivity index (χ4v) is 2.45. The first-order valence-electron chi connectivity index (χ1n) is 6.23. The van der Waals surface area contributed by atoms with Gasteiger partial charge < -0.3 is 10.1 Å². The van der Waals surface area contributed by atoms with Crippen LogP contribution in [0.4, 0.5) is 0 Å². The van der Waals surface area contributed by atoms with Crippen LogP contribution in [0.15, 0.2) is 0 Å². The van der Waals surface area contributed by atoms with Gasteiger partial charge >= 0.3 is 0 Å². The van der Waals surface area contributed by atoms with E-state index in [1.165, 1.54) is 19.4 Å². The second-order valence-electron chi connectivity index (χ2n) is 5.18. The van der Waals surface area contributed by atoms with Crippen LogP contribution in [0.3, 0.4) is 0 Å². The van der Waals surface area contributed by atoms with E-state index in [1.54, 1.807) is 0 Å². The van der Waals surface area contributed by atoms with Crippen LogP contribution < -0.4 is 5.32 Å². The second-order valence-corrected chi connectivity index (χ2v) is 5.18. The Morgan fingerprint density at radius 2 is 2.13 bits per heavy atom. The van der Waals surface area contributed by atoms with Gasteiger partial charge in [-0.2, -0.15) is 0 Å². The average molecular weight is 212 g/mol.